The number of hydrogen-bond donors (Lipinski definition) is 0. The van der Waals surface area contributed by atoms with Crippen molar-refractivity contribution in [2.45, 2.75) is 85.6 Å². The van der Waals surface area contributed by atoms with Crippen LogP contribution < -0.4 is 0 Å². The van der Waals surface area contributed by atoms with Gasteiger partial charge in [-0.15, -0.1) is 0 Å². The molecule has 0 saturated carbocycles. The zero-order chi connectivity index (χ0) is 23.3. The summed E-state index contributed by atoms with van der Waals surface area (Å²) in [6.45, 7) is 17.0. The zero-order valence-electron chi connectivity index (χ0n) is 19.2. The van der Waals surface area contributed by atoms with E-state index in [2.05, 4.69) is 16.6 Å². The zero-order valence-corrected chi connectivity index (χ0v) is 19.2. The van der Waals surface area contributed by atoms with Gasteiger partial charge in [-0.1, -0.05) is 26.0 Å². The summed E-state index contributed by atoms with van der Waals surface area (Å²) in [6.07, 6.45) is -3.09. The van der Waals surface area contributed by atoms with Crippen LogP contribution in [0.1, 0.15) is 73.2 Å². The van der Waals surface area contributed by atoms with Crippen LogP contribution in [0.4, 0.5) is 13.2 Å². The van der Waals surface area contributed by atoms with Gasteiger partial charge in [0, 0.05) is 5.69 Å². The summed E-state index contributed by atoms with van der Waals surface area (Å²) in [4.78, 5) is 8.70. The van der Waals surface area contributed by atoms with E-state index in [1.54, 1.807) is 54.5 Å². The Hall–Kier alpha value is -2.31. The molecule has 1 rings (SSSR count). The lowest BCUT2D eigenvalue weighted by Gasteiger charge is -2.28. The first-order valence-corrected chi connectivity index (χ1v) is 9.94. The Morgan fingerprint density at radius 2 is 1.60 bits per heavy atom. The number of nitrogens with zero attached hydrogens (tertiary/aromatic N) is 2. The van der Waals surface area contributed by atoms with Gasteiger partial charge in [-0.3, -0.25) is 4.98 Å². The summed E-state index contributed by atoms with van der Waals surface area (Å²) in [5, 5.41) is 0. The molecule has 0 aromatic carbocycles. The lowest BCUT2D eigenvalue weighted by molar-refractivity contribution is -0.103. The quantitative estimate of drug-likeness (QED) is 0.275. The van der Waals surface area contributed by atoms with Crippen LogP contribution in [-0.2, 0) is 15.9 Å². The van der Waals surface area contributed by atoms with E-state index in [1.807, 2.05) is 19.1 Å². The second-order valence-electron chi connectivity index (χ2n) is 8.99. The molecule has 0 N–H and O–H groups in total. The third-order valence-electron chi connectivity index (χ3n) is 3.56. The molecule has 0 aliphatic rings. The summed E-state index contributed by atoms with van der Waals surface area (Å²) in [7, 11) is 0. The molecule has 0 saturated heterocycles. The van der Waals surface area contributed by atoms with Crippen LogP contribution in [0.2, 0.25) is 0 Å². The number of ether oxygens (including phenoxy) is 2. The van der Waals surface area contributed by atoms with Crippen molar-refractivity contribution in [3.05, 3.63) is 53.4 Å². The summed E-state index contributed by atoms with van der Waals surface area (Å²) in [5.74, 6) is -1.14. The minimum Gasteiger partial charge on any atom is -0.488 e. The predicted octanol–water partition coefficient (Wildman–Crippen LogP) is 6.76. The van der Waals surface area contributed by atoms with Crippen molar-refractivity contribution in [1.29, 1.82) is 0 Å². The second-order valence-corrected chi connectivity index (χ2v) is 8.99. The number of hydrogen-bond acceptors (Lipinski definition) is 4. The summed E-state index contributed by atoms with van der Waals surface area (Å²) < 4.78 is 53.1. The number of allylic oxidation sites excluding steroid dienone is 1. The smallest absolute Gasteiger partial charge is 0.425 e. The molecule has 0 atom stereocenters. The first-order chi connectivity index (χ1) is 13.5. The maximum Gasteiger partial charge on any atom is 0.425 e. The van der Waals surface area contributed by atoms with Gasteiger partial charge in [-0.25, -0.2) is 4.99 Å². The van der Waals surface area contributed by atoms with E-state index in [0.717, 1.165) is 18.5 Å². The molecular formula is C23H33F3N2O2. The number of aryl methyl sites for hydroxylation is 1. The lowest BCUT2D eigenvalue weighted by Crippen LogP contribution is -2.27. The first kappa shape index (κ1) is 25.7. The molecule has 0 fully saturated rings. The Balaban J connectivity index is 3.63. The molecule has 0 bridgehead atoms. The third-order valence-corrected chi connectivity index (χ3v) is 3.56. The topological polar surface area (TPSA) is 43.7 Å². The molecule has 1 heterocycles. The molecule has 0 aliphatic heterocycles. The number of alkyl halides is 3. The number of halogens is 3. The average Bonchev–Trinajstić information content (AvgIpc) is 2.50. The Kier molecular flexibility index (Phi) is 8.29. The highest BCUT2D eigenvalue weighted by Gasteiger charge is 2.42. The van der Waals surface area contributed by atoms with Gasteiger partial charge in [0.05, 0.1) is 11.4 Å². The standard InChI is InChI=1S/C23H33F3N2O2/c1-10-12-17-13-11-14-18(28-17)15(2)27-20(30-22(7,8)9)19(23(24,25)26)16(3)29-21(4,5)6/h11,13-14H,3,10,12H2,1-2,4-9H3/b20-19-,27-15?. The lowest BCUT2D eigenvalue weighted by atomic mass is 10.1. The van der Waals surface area contributed by atoms with Crippen molar-refractivity contribution in [3.8, 4) is 0 Å². The molecular weight excluding hydrogens is 393 g/mol. The highest BCUT2D eigenvalue weighted by molar-refractivity contribution is 5.97. The van der Waals surface area contributed by atoms with E-state index in [1.165, 1.54) is 0 Å². The van der Waals surface area contributed by atoms with Crippen molar-refractivity contribution in [1.82, 2.24) is 4.98 Å². The predicted molar refractivity (Wildman–Crippen MR) is 114 cm³/mol. The molecule has 4 nitrogen and oxygen atoms in total. The van der Waals surface area contributed by atoms with Gasteiger partial charge in [0.25, 0.3) is 0 Å². The fourth-order valence-corrected chi connectivity index (χ4v) is 2.53. The molecule has 168 valence electrons. The van der Waals surface area contributed by atoms with E-state index < -0.39 is 34.6 Å². The number of pyridine rings is 1. The number of rotatable bonds is 7. The van der Waals surface area contributed by atoms with Gasteiger partial charge in [-0.2, -0.15) is 13.2 Å². The fraction of sp³-hybridized carbons (Fsp3) is 0.565. The van der Waals surface area contributed by atoms with E-state index in [9.17, 15) is 13.2 Å². The van der Waals surface area contributed by atoms with E-state index in [-0.39, 0.29) is 0 Å². The van der Waals surface area contributed by atoms with Crippen LogP contribution in [0.15, 0.2) is 47.0 Å². The van der Waals surface area contributed by atoms with Crippen molar-refractivity contribution < 1.29 is 22.6 Å². The highest BCUT2D eigenvalue weighted by Crippen LogP contribution is 2.37. The summed E-state index contributed by atoms with van der Waals surface area (Å²) in [5.41, 5.74) is -1.29. The fourth-order valence-electron chi connectivity index (χ4n) is 2.53. The van der Waals surface area contributed by atoms with Crippen LogP contribution in [0.5, 0.6) is 0 Å². The Morgan fingerprint density at radius 1 is 1.03 bits per heavy atom. The van der Waals surface area contributed by atoms with Gasteiger partial charge in [0.2, 0.25) is 5.88 Å². The van der Waals surface area contributed by atoms with Crippen molar-refractivity contribution in [2.75, 3.05) is 0 Å². The van der Waals surface area contributed by atoms with Crippen molar-refractivity contribution in [3.63, 3.8) is 0 Å². The van der Waals surface area contributed by atoms with E-state index >= 15 is 0 Å². The molecule has 7 heteroatoms. The van der Waals surface area contributed by atoms with Crippen LogP contribution in [0, 0.1) is 0 Å². The molecule has 1 aromatic rings. The minimum atomic E-state index is -4.77. The molecule has 0 aliphatic carbocycles. The van der Waals surface area contributed by atoms with Gasteiger partial charge >= 0.3 is 6.18 Å². The second kappa shape index (κ2) is 9.67. The van der Waals surface area contributed by atoms with Gasteiger partial charge < -0.3 is 9.47 Å². The largest absolute Gasteiger partial charge is 0.488 e. The third kappa shape index (κ3) is 8.59. The normalized spacial score (nSPS) is 14.3. The first-order valence-electron chi connectivity index (χ1n) is 9.94. The van der Waals surface area contributed by atoms with Crippen molar-refractivity contribution >= 4 is 5.71 Å². The molecule has 30 heavy (non-hydrogen) atoms. The number of aliphatic imine (C=N–C) groups is 1. The summed E-state index contributed by atoms with van der Waals surface area (Å²) in [6, 6.07) is 5.40. The maximum atomic E-state index is 14.0. The van der Waals surface area contributed by atoms with Crippen molar-refractivity contribution in [2.24, 2.45) is 4.99 Å². The van der Waals surface area contributed by atoms with Gasteiger partial charge in [0.15, 0.2) is 5.57 Å². The highest BCUT2D eigenvalue weighted by atomic mass is 19.4. The molecule has 1 aromatic heterocycles. The monoisotopic (exact) mass is 426 g/mol. The Labute approximate surface area is 177 Å². The Morgan fingerprint density at radius 3 is 2.07 bits per heavy atom. The number of aromatic nitrogens is 1. The van der Waals surface area contributed by atoms with Gasteiger partial charge in [-0.05, 0) is 67.0 Å². The molecule has 0 unspecified atom stereocenters. The SMILES string of the molecule is C=C(OC(C)(C)C)/C(=C(\N=C(C)c1cccc(CCC)n1)OC(C)(C)C)C(F)(F)F. The summed E-state index contributed by atoms with van der Waals surface area (Å²) >= 11 is 0. The molecule has 0 radical (unpaired) electrons. The van der Waals surface area contributed by atoms with Crippen LogP contribution in [0.25, 0.3) is 0 Å². The van der Waals surface area contributed by atoms with Crippen LogP contribution in [0.3, 0.4) is 0 Å². The minimum absolute atomic E-state index is 0.303. The van der Waals surface area contributed by atoms with E-state index in [4.69, 9.17) is 9.47 Å². The average molecular weight is 427 g/mol. The van der Waals surface area contributed by atoms with Gasteiger partial charge in [0.1, 0.15) is 17.0 Å². The van der Waals surface area contributed by atoms with E-state index in [0.29, 0.717) is 11.4 Å². The molecule has 0 amide bonds. The van der Waals surface area contributed by atoms with Crippen LogP contribution >= 0.6 is 0 Å². The molecule has 0 spiro atoms. The van der Waals surface area contributed by atoms with Crippen LogP contribution in [-0.4, -0.2) is 28.1 Å². The Bertz CT molecular complexity index is 811. The maximum absolute atomic E-state index is 14.0.